The van der Waals surface area contributed by atoms with Gasteiger partial charge in [0, 0.05) is 6.42 Å². The van der Waals surface area contributed by atoms with Crippen LogP contribution in [0.15, 0.2) is 43.0 Å². The molecule has 1 unspecified atom stereocenters. The Hall–Kier alpha value is -1.90. The molecule has 0 spiro atoms. The molecule has 0 N–H and O–H groups in total. The normalized spacial score (nSPS) is 13.4. The Morgan fingerprint density at radius 2 is 2.06 bits per heavy atom. The lowest BCUT2D eigenvalue weighted by molar-refractivity contribution is -0.148. The Kier molecular flexibility index (Phi) is 5.31. The van der Waals surface area contributed by atoms with Crippen molar-refractivity contribution in [1.82, 2.24) is 0 Å². The maximum atomic E-state index is 12.2. The van der Waals surface area contributed by atoms with Gasteiger partial charge in [-0.1, -0.05) is 36.4 Å². The number of ether oxygens (including phenoxy) is 1. The predicted molar refractivity (Wildman–Crippen MR) is 70.2 cm³/mol. The fraction of sp³-hybridized carbons (Fsp3) is 0.333. The van der Waals surface area contributed by atoms with E-state index in [4.69, 9.17) is 4.74 Å². The second kappa shape index (κ2) is 6.74. The van der Waals surface area contributed by atoms with E-state index in [9.17, 15) is 9.59 Å². The molecule has 0 amide bonds. The van der Waals surface area contributed by atoms with Crippen LogP contribution in [0.3, 0.4) is 0 Å². The van der Waals surface area contributed by atoms with Gasteiger partial charge in [0.25, 0.3) is 0 Å². The topological polar surface area (TPSA) is 43.4 Å². The molecule has 1 aromatic rings. The van der Waals surface area contributed by atoms with Gasteiger partial charge in [0.2, 0.25) is 0 Å². The second-order valence-electron chi connectivity index (χ2n) is 3.97. The molecule has 0 aromatic heterocycles. The van der Waals surface area contributed by atoms with Gasteiger partial charge >= 0.3 is 5.97 Å². The lowest BCUT2D eigenvalue weighted by atomic mass is 9.77. The smallest absolute Gasteiger partial charge is 0.320 e. The first-order valence-electron chi connectivity index (χ1n) is 6.01. The number of carbonyl (C=O) groups excluding carboxylic acids is 2. The fourth-order valence-corrected chi connectivity index (χ4v) is 1.95. The zero-order valence-corrected chi connectivity index (χ0v) is 10.6. The number of hydrogen-bond acceptors (Lipinski definition) is 3. The summed E-state index contributed by atoms with van der Waals surface area (Å²) in [6.07, 6.45) is 3.05. The average molecular weight is 246 g/mol. The van der Waals surface area contributed by atoms with Crippen LogP contribution < -0.4 is 0 Å². The number of esters is 1. The number of aldehydes is 1. The van der Waals surface area contributed by atoms with Gasteiger partial charge in [-0.25, -0.2) is 0 Å². The van der Waals surface area contributed by atoms with Gasteiger partial charge in [-0.2, -0.15) is 0 Å². The first kappa shape index (κ1) is 14.2. The van der Waals surface area contributed by atoms with Crippen molar-refractivity contribution in [2.75, 3.05) is 6.61 Å². The monoisotopic (exact) mass is 246 g/mol. The summed E-state index contributed by atoms with van der Waals surface area (Å²) in [5.41, 5.74) is -0.127. The van der Waals surface area contributed by atoms with Crippen LogP contribution >= 0.6 is 0 Å². The number of benzene rings is 1. The first-order chi connectivity index (χ1) is 8.71. The molecule has 1 rings (SSSR count). The molecule has 1 aromatic carbocycles. The van der Waals surface area contributed by atoms with E-state index in [-0.39, 0.29) is 5.97 Å². The Balaban J connectivity index is 3.17. The molecule has 0 aliphatic carbocycles. The summed E-state index contributed by atoms with van der Waals surface area (Å²) in [5.74, 6) is -0.354. The highest BCUT2D eigenvalue weighted by molar-refractivity contribution is 5.86. The van der Waals surface area contributed by atoms with Gasteiger partial charge in [0.05, 0.1) is 6.61 Å². The average Bonchev–Trinajstić information content (AvgIpc) is 2.42. The first-order valence-corrected chi connectivity index (χ1v) is 6.01. The zero-order chi connectivity index (χ0) is 13.4. The lowest BCUT2D eigenvalue weighted by Crippen LogP contribution is -2.35. The highest BCUT2D eigenvalue weighted by atomic mass is 16.5. The predicted octanol–water partition coefficient (Wildman–Crippen LogP) is 2.65. The van der Waals surface area contributed by atoms with E-state index in [1.54, 1.807) is 13.0 Å². The Labute approximate surface area is 107 Å². The third kappa shape index (κ3) is 2.86. The quantitative estimate of drug-likeness (QED) is 0.422. The largest absolute Gasteiger partial charge is 0.465 e. The molecule has 96 valence electrons. The Bertz CT molecular complexity index is 411. The van der Waals surface area contributed by atoms with E-state index in [1.165, 1.54) is 0 Å². The van der Waals surface area contributed by atoms with Crippen molar-refractivity contribution in [3.8, 4) is 0 Å². The van der Waals surface area contributed by atoms with Crippen molar-refractivity contribution >= 4 is 12.3 Å². The molecule has 1 atom stereocenters. The highest BCUT2D eigenvalue weighted by Gasteiger charge is 2.38. The van der Waals surface area contributed by atoms with Gasteiger partial charge < -0.3 is 9.53 Å². The van der Waals surface area contributed by atoms with Crippen LogP contribution in [0.5, 0.6) is 0 Å². The van der Waals surface area contributed by atoms with Gasteiger partial charge in [0.15, 0.2) is 0 Å². The maximum absolute atomic E-state index is 12.2. The van der Waals surface area contributed by atoms with Crippen LogP contribution in [0.2, 0.25) is 0 Å². The van der Waals surface area contributed by atoms with Gasteiger partial charge in [-0.15, -0.1) is 6.58 Å². The molecule has 3 nitrogen and oxygen atoms in total. The standard InChI is InChI=1S/C15H18O3/c1-3-15(11-8-12-16,14(17)18-4-2)13-9-6-5-7-10-13/h3,5-7,9-10,12H,1,4,8,11H2,2H3. The van der Waals surface area contributed by atoms with Crippen molar-refractivity contribution < 1.29 is 14.3 Å². The van der Waals surface area contributed by atoms with Gasteiger partial charge in [0.1, 0.15) is 11.7 Å². The third-order valence-corrected chi connectivity index (χ3v) is 2.93. The van der Waals surface area contributed by atoms with Crippen LogP contribution in [-0.4, -0.2) is 18.9 Å². The number of carbonyl (C=O) groups is 2. The van der Waals surface area contributed by atoms with Crippen molar-refractivity contribution in [2.45, 2.75) is 25.2 Å². The van der Waals surface area contributed by atoms with Gasteiger partial charge in [-0.05, 0) is 18.9 Å². The molecule has 0 saturated heterocycles. The number of rotatable bonds is 7. The summed E-state index contributed by atoms with van der Waals surface area (Å²) >= 11 is 0. The summed E-state index contributed by atoms with van der Waals surface area (Å²) in [6, 6.07) is 9.29. The molecule has 0 radical (unpaired) electrons. The third-order valence-electron chi connectivity index (χ3n) is 2.93. The van der Waals surface area contributed by atoms with E-state index in [0.29, 0.717) is 19.4 Å². The molecule has 0 bridgehead atoms. The van der Waals surface area contributed by atoms with Crippen molar-refractivity contribution in [1.29, 1.82) is 0 Å². The molecule has 0 saturated carbocycles. The van der Waals surface area contributed by atoms with E-state index in [0.717, 1.165) is 11.8 Å². The summed E-state index contributed by atoms with van der Waals surface area (Å²) in [7, 11) is 0. The lowest BCUT2D eigenvalue weighted by Gasteiger charge is -2.28. The molecule has 3 heteroatoms. The molecular weight excluding hydrogens is 228 g/mol. The number of hydrogen-bond donors (Lipinski definition) is 0. The minimum atomic E-state index is -0.932. The molecule has 0 aliphatic rings. The summed E-state index contributed by atoms with van der Waals surface area (Å²) in [6.45, 7) is 5.82. The van der Waals surface area contributed by atoms with Crippen molar-refractivity contribution in [3.63, 3.8) is 0 Å². The summed E-state index contributed by atoms with van der Waals surface area (Å²) in [4.78, 5) is 22.8. The highest BCUT2D eigenvalue weighted by Crippen LogP contribution is 2.32. The van der Waals surface area contributed by atoms with E-state index in [2.05, 4.69) is 6.58 Å². The maximum Gasteiger partial charge on any atom is 0.320 e. The van der Waals surface area contributed by atoms with Gasteiger partial charge in [-0.3, -0.25) is 4.79 Å². The second-order valence-corrected chi connectivity index (χ2v) is 3.97. The van der Waals surface area contributed by atoms with Crippen LogP contribution in [0, 0.1) is 0 Å². The van der Waals surface area contributed by atoms with E-state index in [1.807, 2.05) is 30.3 Å². The molecule has 0 fully saturated rings. The molecule has 18 heavy (non-hydrogen) atoms. The summed E-state index contributed by atoms with van der Waals surface area (Å²) < 4.78 is 5.12. The Morgan fingerprint density at radius 1 is 1.39 bits per heavy atom. The molecule has 0 heterocycles. The zero-order valence-electron chi connectivity index (χ0n) is 10.6. The van der Waals surface area contributed by atoms with Crippen LogP contribution in [0.25, 0.3) is 0 Å². The van der Waals surface area contributed by atoms with Crippen LogP contribution in [-0.2, 0) is 19.7 Å². The fourth-order valence-electron chi connectivity index (χ4n) is 1.95. The SMILES string of the molecule is C=CC(CCC=O)(C(=O)OCC)c1ccccc1. The van der Waals surface area contributed by atoms with Crippen LogP contribution in [0.1, 0.15) is 25.3 Å². The van der Waals surface area contributed by atoms with E-state index >= 15 is 0 Å². The molecular formula is C15H18O3. The summed E-state index contributed by atoms with van der Waals surface area (Å²) in [5, 5.41) is 0. The minimum absolute atomic E-state index is 0.291. The van der Waals surface area contributed by atoms with E-state index < -0.39 is 5.41 Å². The van der Waals surface area contributed by atoms with Crippen molar-refractivity contribution in [3.05, 3.63) is 48.6 Å². The molecule has 0 aliphatic heterocycles. The minimum Gasteiger partial charge on any atom is -0.465 e. The van der Waals surface area contributed by atoms with Crippen molar-refractivity contribution in [2.24, 2.45) is 0 Å². The Morgan fingerprint density at radius 3 is 2.56 bits per heavy atom. The van der Waals surface area contributed by atoms with Crippen LogP contribution in [0.4, 0.5) is 0 Å².